The molecule has 1 amide bonds. The Labute approximate surface area is 117 Å². The van der Waals surface area contributed by atoms with Crippen LogP contribution in [0.3, 0.4) is 0 Å². The Bertz CT molecular complexity index is 671. The number of aromatic nitrogens is 2. The number of amides is 1. The van der Waals surface area contributed by atoms with Crippen molar-refractivity contribution in [1.29, 1.82) is 0 Å². The third kappa shape index (κ3) is 2.01. The average molecular weight is 268 g/mol. The predicted octanol–water partition coefficient (Wildman–Crippen LogP) is 1.83. The van der Waals surface area contributed by atoms with Gasteiger partial charge in [0.05, 0.1) is 0 Å². The summed E-state index contributed by atoms with van der Waals surface area (Å²) in [7, 11) is 0. The minimum absolute atomic E-state index is 0.0871. The number of carbonyl (C=O) groups is 1. The lowest BCUT2D eigenvalue weighted by molar-refractivity contribution is 0.0744. The third-order valence-corrected chi connectivity index (χ3v) is 3.74. The molecule has 0 aliphatic carbocycles. The molecular formula is C15H16N4O. The largest absolute Gasteiger partial charge is 0.368 e. The summed E-state index contributed by atoms with van der Waals surface area (Å²) in [6.45, 7) is 4.93. The van der Waals surface area contributed by atoms with Crippen molar-refractivity contribution in [3.8, 4) is 0 Å². The number of anilines is 1. The highest BCUT2D eigenvalue weighted by molar-refractivity contribution is 5.94. The predicted molar refractivity (Wildman–Crippen MR) is 75.9 cm³/mol. The Balaban J connectivity index is 1.92. The summed E-state index contributed by atoms with van der Waals surface area (Å²) in [6.07, 6.45) is 0. The SMILES string of the molecule is Cc1nc(N)nc(C(=O)N2Cc3ccccc3C2)c1C. The van der Waals surface area contributed by atoms with E-state index in [-0.39, 0.29) is 11.9 Å². The van der Waals surface area contributed by atoms with E-state index in [4.69, 9.17) is 5.73 Å². The van der Waals surface area contributed by atoms with Crippen molar-refractivity contribution < 1.29 is 4.79 Å². The fourth-order valence-corrected chi connectivity index (χ4v) is 2.49. The summed E-state index contributed by atoms with van der Waals surface area (Å²) >= 11 is 0. The van der Waals surface area contributed by atoms with Gasteiger partial charge < -0.3 is 10.6 Å². The standard InChI is InChI=1S/C15H16N4O/c1-9-10(2)17-15(16)18-13(9)14(20)19-7-11-5-3-4-6-12(11)8-19/h3-6H,7-8H2,1-2H3,(H2,16,17,18). The Morgan fingerprint density at radius 1 is 1.15 bits per heavy atom. The van der Waals surface area contributed by atoms with Gasteiger partial charge in [0.15, 0.2) is 0 Å². The van der Waals surface area contributed by atoms with E-state index < -0.39 is 0 Å². The Kier molecular flexibility index (Phi) is 2.89. The van der Waals surface area contributed by atoms with Crippen LogP contribution in [0.15, 0.2) is 24.3 Å². The minimum Gasteiger partial charge on any atom is -0.368 e. The van der Waals surface area contributed by atoms with Crippen LogP contribution >= 0.6 is 0 Å². The van der Waals surface area contributed by atoms with Crippen LogP contribution in [0.5, 0.6) is 0 Å². The molecule has 0 spiro atoms. The second-order valence-corrected chi connectivity index (χ2v) is 5.07. The number of aryl methyl sites for hydroxylation is 1. The van der Waals surface area contributed by atoms with Gasteiger partial charge in [0.2, 0.25) is 5.95 Å². The molecule has 0 bridgehead atoms. The van der Waals surface area contributed by atoms with Crippen LogP contribution in [0.1, 0.15) is 32.9 Å². The molecule has 0 radical (unpaired) electrons. The van der Waals surface area contributed by atoms with Gasteiger partial charge in [-0.1, -0.05) is 24.3 Å². The molecule has 5 heteroatoms. The lowest BCUT2D eigenvalue weighted by atomic mass is 10.1. The maximum Gasteiger partial charge on any atom is 0.273 e. The second kappa shape index (κ2) is 4.59. The van der Waals surface area contributed by atoms with Crippen molar-refractivity contribution in [3.05, 3.63) is 52.3 Å². The summed E-state index contributed by atoms with van der Waals surface area (Å²) in [5.74, 6) is 0.0593. The van der Waals surface area contributed by atoms with Crippen LogP contribution in [0.4, 0.5) is 5.95 Å². The molecule has 1 aliphatic heterocycles. The second-order valence-electron chi connectivity index (χ2n) is 5.07. The van der Waals surface area contributed by atoms with Gasteiger partial charge in [-0.05, 0) is 25.0 Å². The van der Waals surface area contributed by atoms with Gasteiger partial charge in [0.25, 0.3) is 5.91 Å². The first-order chi connectivity index (χ1) is 9.56. The number of fused-ring (bicyclic) bond motifs is 1. The molecule has 0 fully saturated rings. The lowest BCUT2D eigenvalue weighted by Gasteiger charge is -2.17. The van der Waals surface area contributed by atoms with Crippen molar-refractivity contribution in [2.45, 2.75) is 26.9 Å². The number of rotatable bonds is 1. The molecule has 1 aliphatic rings. The number of hydrogen-bond donors (Lipinski definition) is 1. The van der Waals surface area contributed by atoms with E-state index in [0.29, 0.717) is 18.8 Å². The van der Waals surface area contributed by atoms with Gasteiger partial charge in [-0.2, -0.15) is 0 Å². The molecule has 5 nitrogen and oxygen atoms in total. The zero-order valence-electron chi connectivity index (χ0n) is 11.6. The smallest absolute Gasteiger partial charge is 0.273 e. The molecule has 2 N–H and O–H groups in total. The normalized spacial score (nSPS) is 13.4. The molecule has 3 rings (SSSR count). The number of nitrogens with zero attached hydrogens (tertiary/aromatic N) is 3. The van der Waals surface area contributed by atoms with Crippen LogP contribution < -0.4 is 5.73 Å². The Hall–Kier alpha value is -2.43. The molecule has 102 valence electrons. The number of nitrogens with two attached hydrogens (primary N) is 1. The fraction of sp³-hybridized carbons (Fsp3) is 0.267. The van der Waals surface area contributed by atoms with Gasteiger partial charge in [0, 0.05) is 24.3 Å². The van der Waals surface area contributed by atoms with E-state index in [0.717, 1.165) is 11.3 Å². The van der Waals surface area contributed by atoms with Gasteiger partial charge in [0.1, 0.15) is 5.69 Å². The molecule has 0 saturated heterocycles. The zero-order chi connectivity index (χ0) is 14.3. The quantitative estimate of drug-likeness (QED) is 0.856. The molecule has 2 heterocycles. The minimum atomic E-state index is -0.0871. The van der Waals surface area contributed by atoms with Gasteiger partial charge in [-0.25, -0.2) is 9.97 Å². The van der Waals surface area contributed by atoms with E-state index in [1.807, 2.05) is 26.0 Å². The van der Waals surface area contributed by atoms with Gasteiger partial charge >= 0.3 is 0 Å². The van der Waals surface area contributed by atoms with Crippen molar-refractivity contribution in [3.63, 3.8) is 0 Å². The molecule has 2 aromatic rings. The third-order valence-electron chi connectivity index (χ3n) is 3.74. The van der Waals surface area contributed by atoms with Crippen LogP contribution in [0.25, 0.3) is 0 Å². The first kappa shape index (κ1) is 12.6. The van der Waals surface area contributed by atoms with Crippen molar-refractivity contribution in [2.75, 3.05) is 5.73 Å². The number of hydrogen-bond acceptors (Lipinski definition) is 4. The number of carbonyl (C=O) groups excluding carboxylic acids is 1. The summed E-state index contributed by atoms with van der Waals surface area (Å²) in [5.41, 5.74) is 9.98. The summed E-state index contributed by atoms with van der Waals surface area (Å²) in [5, 5.41) is 0. The Morgan fingerprint density at radius 3 is 2.35 bits per heavy atom. The molecule has 1 aromatic carbocycles. The summed E-state index contributed by atoms with van der Waals surface area (Å²) in [6, 6.07) is 8.08. The van der Waals surface area contributed by atoms with Crippen molar-refractivity contribution in [2.24, 2.45) is 0 Å². The van der Waals surface area contributed by atoms with E-state index >= 15 is 0 Å². The molecule has 0 unspecified atom stereocenters. The van der Waals surface area contributed by atoms with Crippen LogP contribution in [0.2, 0.25) is 0 Å². The highest BCUT2D eigenvalue weighted by Crippen LogP contribution is 2.24. The van der Waals surface area contributed by atoms with E-state index in [2.05, 4.69) is 22.1 Å². The first-order valence-electron chi connectivity index (χ1n) is 6.53. The van der Waals surface area contributed by atoms with Gasteiger partial charge in [-0.15, -0.1) is 0 Å². The fourth-order valence-electron chi connectivity index (χ4n) is 2.49. The molecule has 1 aromatic heterocycles. The average Bonchev–Trinajstić information content (AvgIpc) is 2.86. The van der Waals surface area contributed by atoms with E-state index in [1.54, 1.807) is 4.90 Å². The van der Waals surface area contributed by atoms with Crippen LogP contribution in [-0.2, 0) is 13.1 Å². The molecule has 20 heavy (non-hydrogen) atoms. The first-order valence-corrected chi connectivity index (χ1v) is 6.53. The molecule has 0 saturated carbocycles. The molecular weight excluding hydrogens is 252 g/mol. The highest BCUT2D eigenvalue weighted by atomic mass is 16.2. The van der Waals surface area contributed by atoms with E-state index in [9.17, 15) is 4.79 Å². The van der Waals surface area contributed by atoms with Gasteiger partial charge in [-0.3, -0.25) is 4.79 Å². The van der Waals surface area contributed by atoms with Crippen molar-refractivity contribution in [1.82, 2.24) is 14.9 Å². The highest BCUT2D eigenvalue weighted by Gasteiger charge is 2.26. The Morgan fingerprint density at radius 2 is 1.75 bits per heavy atom. The monoisotopic (exact) mass is 268 g/mol. The van der Waals surface area contributed by atoms with Crippen LogP contribution in [0, 0.1) is 13.8 Å². The summed E-state index contributed by atoms with van der Waals surface area (Å²) in [4.78, 5) is 22.6. The summed E-state index contributed by atoms with van der Waals surface area (Å²) < 4.78 is 0. The lowest BCUT2D eigenvalue weighted by Crippen LogP contribution is -2.27. The zero-order valence-corrected chi connectivity index (χ0v) is 11.6. The number of nitrogen functional groups attached to an aromatic ring is 1. The maximum absolute atomic E-state index is 12.6. The van der Waals surface area contributed by atoms with Crippen molar-refractivity contribution >= 4 is 11.9 Å². The van der Waals surface area contributed by atoms with E-state index in [1.165, 1.54) is 11.1 Å². The number of benzene rings is 1. The topological polar surface area (TPSA) is 72.1 Å². The maximum atomic E-state index is 12.6. The van der Waals surface area contributed by atoms with Crippen LogP contribution in [-0.4, -0.2) is 20.8 Å². The molecule has 0 atom stereocenters.